The molecule has 2 aromatic carbocycles. The van der Waals surface area contributed by atoms with E-state index >= 15 is 0 Å². The zero-order chi connectivity index (χ0) is 20.5. The Hall–Kier alpha value is -3.03. The zero-order valence-electron chi connectivity index (χ0n) is 16.0. The number of fused-ring (bicyclic) bond motifs is 1. The molecule has 4 rings (SSSR count). The Balaban J connectivity index is 1.69. The van der Waals surface area contributed by atoms with E-state index in [0.717, 1.165) is 21.6 Å². The zero-order valence-corrected chi connectivity index (χ0v) is 17.6. The summed E-state index contributed by atoms with van der Waals surface area (Å²) in [6.45, 7) is 1.92. The van der Waals surface area contributed by atoms with Crippen molar-refractivity contribution in [2.24, 2.45) is 0 Å². The average Bonchev–Trinajstić information content (AvgIpc) is 3.29. The maximum absolute atomic E-state index is 12.9. The smallest absolute Gasteiger partial charge is 0.265 e. The fourth-order valence-electron chi connectivity index (χ4n) is 3.01. The van der Waals surface area contributed by atoms with Crippen molar-refractivity contribution in [3.8, 4) is 17.2 Å². The number of ether oxygens (including phenoxy) is 2. The first-order valence-electron chi connectivity index (χ1n) is 8.78. The largest absolute Gasteiger partial charge is 0.497 e. The number of methoxy groups -OCH3 is 2. The predicted octanol–water partition coefficient (Wildman–Crippen LogP) is 5.32. The van der Waals surface area contributed by atoms with Gasteiger partial charge in [-0.05, 0) is 49.4 Å². The molecule has 2 aromatic heterocycles. The third kappa shape index (κ3) is 3.66. The average molecular weight is 428 g/mol. The number of thiophene rings is 1. The lowest BCUT2D eigenvalue weighted by Crippen LogP contribution is -2.11. The van der Waals surface area contributed by atoms with Gasteiger partial charge in [0.15, 0.2) is 0 Å². The molecule has 0 fully saturated rings. The molecule has 0 bridgehead atoms. The van der Waals surface area contributed by atoms with Gasteiger partial charge in [-0.15, -0.1) is 11.3 Å². The van der Waals surface area contributed by atoms with Gasteiger partial charge in [-0.2, -0.15) is 5.10 Å². The van der Waals surface area contributed by atoms with E-state index in [1.807, 2.05) is 41.9 Å². The number of aromatic nitrogens is 2. The van der Waals surface area contributed by atoms with Crippen molar-refractivity contribution in [2.45, 2.75) is 6.92 Å². The number of carbonyl (C=O) groups is 1. The van der Waals surface area contributed by atoms with Crippen molar-refractivity contribution in [1.82, 2.24) is 9.78 Å². The number of anilines is 1. The molecule has 0 unspecified atom stereocenters. The van der Waals surface area contributed by atoms with Crippen LogP contribution in [0.2, 0.25) is 5.02 Å². The molecule has 29 heavy (non-hydrogen) atoms. The number of halogens is 1. The minimum atomic E-state index is -0.222. The number of hydrogen-bond donors (Lipinski definition) is 1. The Morgan fingerprint density at radius 1 is 1.10 bits per heavy atom. The summed E-state index contributed by atoms with van der Waals surface area (Å²) in [5, 5.41) is 9.11. The minimum Gasteiger partial charge on any atom is -0.497 e. The highest BCUT2D eigenvalue weighted by molar-refractivity contribution is 7.20. The Morgan fingerprint density at radius 2 is 1.86 bits per heavy atom. The highest BCUT2D eigenvalue weighted by Crippen LogP contribution is 2.33. The quantitative estimate of drug-likeness (QED) is 0.468. The van der Waals surface area contributed by atoms with Gasteiger partial charge >= 0.3 is 0 Å². The van der Waals surface area contributed by atoms with Crippen molar-refractivity contribution < 1.29 is 14.3 Å². The maximum atomic E-state index is 12.9. The maximum Gasteiger partial charge on any atom is 0.265 e. The number of hydrogen-bond acceptors (Lipinski definition) is 5. The summed E-state index contributed by atoms with van der Waals surface area (Å²) in [6.07, 6.45) is 0. The number of aryl methyl sites for hydroxylation is 1. The lowest BCUT2D eigenvalue weighted by molar-refractivity contribution is 0.103. The van der Waals surface area contributed by atoms with Crippen molar-refractivity contribution in [2.75, 3.05) is 19.5 Å². The van der Waals surface area contributed by atoms with Crippen LogP contribution < -0.4 is 14.8 Å². The first kappa shape index (κ1) is 19.3. The van der Waals surface area contributed by atoms with E-state index in [-0.39, 0.29) is 5.91 Å². The van der Waals surface area contributed by atoms with Crippen LogP contribution in [-0.4, -0.2) is 29.9 Å². The van der Waals surface area contributed by atoms with E-state index < -0.39 is 0 Å². The molecule has 0 aliphatic carbocycles. The van der Waals surface area contributed by atoms with Gasteiger partial charge in [-0.1, -0.05) is 11.6 Å². The summed E-state index contributed by atoms with van der Waals surface area (Å²) in [4.78, 5) is 14.4. The second-order valence-electron chi connectivity index (χ2n) is 6.32. The highest BCUT2D eigenvalue weighted by atomic mass is 35.5. The molecular weight excluding hydrogens is 410 g/mol. The summed E-state index contributed by atoms with van der Waals surface area (Å²) >= 11 is 7.37. The van der Waals surface area contributed by atoms with Crippen molar-refractivity contribution in [3.63, 3.8) is 0 Å². The van der Waals surface area contributed by atoms with Crippen LogP contribution >= 0.6 is 22.9 Å². The van der Waals surface area contributed by atoms with Crippen molar-refractivity contribution in [3.05, 3.63) is 64.1 Å². The Kier molecular flexibility index (Phi) is 5.17. The normalized spacial score (nSPS) is 10.9. The SMILES string of the molecule is COc1ccc(OC)c(NC(=O)c2cc3c(C)nn(-c4ccc(Cl)cc4)c3s2)c1. The summed E-state index contributed by atoms with van der Waals surface area (Å²) in [6, 6.07) is 14.5. The van der Waals surface area contributed by atoms with Crippen LogP contribution in [-0.2, 0) is 0 Å². The second kappa shape index (κ2) is 7.77. The van der Waals surface area contributed by atoms with Crippen molar-refractivity contribution >= 4 is 44.7 Å². The van der Waals surface area contributed by atoms with Crippen LogP contribution in [0.1, 0.15) is 15.4 Å². The molecule has 0 aliphatic rings. The van der Waals surface area contributed by atoms with Crippen LogP contribution in [0.3, 0.4) is 0 Å². The number of nitrogens with one attached hydrogen (secondary N) is 1. The van der Waals surface area contributed by atoms with Gasteiger partial charge in [0, 0.05) is 16.5 Å². The van der Waals surface area contributed by atoms with Gasteiger partial charge < -0.3 is 14.8 Å². The van der Waals surface area contributed by atoms with Gasteiger partial charge in [-0.25, -0.2) is 4.68 Å². The van der Waals surface area contributed by atoms with Crippen LogP contribution in [0.4, 0.5) is 5.69 Å². The highest BCUT2D eigenvalue weighted by Gasteiger charge is 2.18. The van der Waals surface area contributed by atoms with Crippen LogP contribution in [0.15, 0.2) is 48.5 Å². The van der Waals surface area contributed by atoms with E-state index in [1.165, 1.54) is 11.3 Å². The molecule has 148 valence electrons. The van der Waals surface area contributed by atoms with Crippen LogP contribution in [0, 0.1) is 6.92 Å². The Labute approximate surface area is 176 Å². The number of rotatable bonds is 5. The van der Waals surface area contributed by atoms with E-state index in [1.54, 1.807) is 32.4 Å². The molecule has 0 saturated heterocycles. The second-order valence-corrected chi connectivity index (χ2v) is 7.79. The standard InChI is InChI=1S/C21H18ClN3O3S/c1-12-16-11-19(20(26)23-17-10-15(27-2)8-9-18(17)28-3)29-21(16)25(24-12)14-6-4-13(22)5-7-14/h4-11H,1-3H3,(H,23,26). The number of nitrogens with zero attached hydrogens (tertiary/aromatic N) is 2. The minimum absolute atomic E-state index is 0.222. The Morgan fingerprint density at radius 3 is 2.55 bits per heavy atom. The molecular formula is C21H18ClN3O3S. The van der Waals surface area contributed by atoms with Gasteiger partial charge in [-0.3, -0.25) is 4.79 Å². The van der Waals surface area contributed by atoms with E-state index in [9.17, 15) is 4.79 Å². The third-order valence-electron chi connectivity index (χ3n) is 4.49. The molecule has 6 nitrogen and oxygen atoms in total. The summed E-state index contributed by atoms with van der Waals surface area (Å²) in [5.74, 6) is 0.968. The van der Waals surface area contributed by atoms with E-state index in [0.29, 0.717) is 27.1 Å². The monoisotopic (exact) mass is 427 g/mol. The lowest BCUT2D eigenvalue weighted by Gasteiger charge is -2.11. The van der Waals surface area contributed by atoms with Gasteiger partial charge in [0.05, 0.1) is 36.2 Å². The fraction of sp³-hybridized carbons (Fsp3) is 0.143. The lowest BCUT2D eigenvalue weighted by atomic mass is 10.2. The molecule has 0 spiro atoms. The molecule has 8 heteroatoms. The fourth-order valence-corrected chi connectivity index (χ4v) is 4.22. The molecule has 2 heterocycles. The molecule has 1 N–H and O–H groups in total. The predicted molar refractivity (Wildman–Crippen MR) is 116 cm³/mol. The summed E-state index contributed by atoms with van der Waals surface area (Å²) in [7, 11) is 3.13. The van der Waals surface area contributed by atoms with Gasteiger partial charge in [0.1, 0.15) is 16.3 Å². The summed E-state index contributed by atoms with van der Waals surface area (Å²) < 4.78 is 12.4. The molecule has 4 aromatic rings. The number of amides is 1. The topological polar surface area (TPSA) is 65.4 Å². The van der Waals surface area contributed by atoms with Gasteiger partial charge in [0.25, 0.3) is 5.91 Å². The van der Waals surface area contributed by atoms with Crippen LogP contribution in [0.5, 0.6) is 11.5 Å². The van der Waals surface area contributed by atoms with Crippen LogP contribution in [0.25, 0.3) is 15.9 Å². The molecule has 0 aliphatic heterocycles. The van der Waals surface area contributed by atoms with Crippen molar-refractivity contribution in [1.29, 1.82) is 0 Å². The van der Waals surface area contributed by atoms with Gasteiger partial charge in [0.2, 0.25) is 0 Å². The molecule has 1 amide bonds. The molecule has 0 atom stereocenters. The first-order chi connectivity index (χ1) is 14.0. The molecule has 0 radical (unpaired) electrons. The molecule has 0 saturated carbocycles. The number of benzene rings is 2. The van der Waals surface area contributed by atoms with E-state index in [2.05, 4.69) is 10.4 Å². The first-order valence-corrected chi connectivity index (χ1v) is 9.98. The Bertz CT molecular complexity index is 1200. The third-order valence-corrected chi connectivity index (χ3v) is 5.86. The van der Waals surface area contributed by atoms with E-state index in [4.69, 9.17) is 21.1 Å². The number of carbonyl (C=O) groups excluding carboxylic acids is 1. The summed E-state index contributed by atoms with van der Waals surface area (Å²) in [5.41, 5.74) is 2.28.